The summed E-state index contributed by atoms with van der Waals surface area (Å²) in [4.78, 5) is 2.25. The number of hydrogen-bond donors (Lipinski definition) is 4. The summed E-state index contributed by atoms with van der Waals surface area (Å²) in [6.07, 6.45) is 7.42. The van der Waals surface area contributed by atoms with Gasteiger partial charge in [0.1, 0.15) is 30.3 Å². The molecule has 2 aliphatic rings. The molecule has 270 valence electrons. The van der Waals surface area contributed by atoms with Gasteiger partial charge in [0.25, 0.3) is 0 Å². The zero-order valence-electron chi connectivity index (χ0n) is 28.6. The largest absolute Gasteiger partial charge is 0.488 e. The fourth-order valence-corrected chi connectivity index (χ4v) is 6.69. The highest BCUT2D eigenvalue weighted by Gasteiger charge is 2.49. The summed E-state index contributed by atoms with van der Waals surface area (Å²) in [6.45, 7) is 6.79. The van der Waals surface area contributed by atoms with Crippen LogP contribution in [0, 0.1) is 17.0 Å². The van der Waals surface area contributed by atoms with Crippen molar-refractivity contribution in [1.29, 1.82) is 0 Å². The fourth-order valence-electron chi connectivity index (χ4n) is 6.45. The molecule has 0 bridgehead atoms. The molecule has 0 radical (unpaired) electrons. The van der Waals surface area contributed by atoms with E-state index >= 15 is 0 Å². The minimum absolute atomic E-state index is 0.0587. The molecular formula is C39H47ClF2N2O6. The summed E-state index contributed by atoms with van der Waals surface area (Å²) in [5.41, 5.74) is 1.77. The first-order valence-corrected chi connectivity index (χ1v) is 17.4. The van der Waals surface area contributed by atoms with Crippen molar-refractivity contribution in [1.82, 2.24) is 10.2 Å². The quantitative estimate of drug-likeness (QED) is 0.128. The standard InChI is InChI=1S/C39H47ClF2N2O6/c1-38(2)32(28-8-4-3-5-9-28)10-6-14-39(38,50-17-7-15-44-16-13-31(47)22-44)26-49-37-20-36(48-25-27-11-12-34(41)35(42)18-27)29(19-33(37)40)21-43-30(23-45)24-46/h3-6,8-12,14,18-20,30-31,43,45-47H,7,13,15-17,21-26H2,1-2H3/t31?,39-/m0/s1. The Kier molecular flexibility index (Phi) is 13.1. The Bertz CT molecular complexity index is 1630. The molecule has 3 aromatic carbocycles. The second kappa shape index (κ2) is 17.2. The number of nitrogens with zero attached hydrogens (tertiary/aromatic N) is 1. The van der Waals surface area contributed by atoms with Crippen molar-refractivity contribution in [2.45, 2.75) is 57.6 Å². The topological polar surface area (TPSA) is 104 Å². The van der Waals surface area contributed by atoms with Gasteiger partial charge in [-0.3, -0.25) is 0 Å². The molecule has 1 aliphatic carbocycles. The molecule has 0 amide bonds. The molecule has 0 saturated carbocycles. The van der Waals surface area contributed by atoms with E-state index in [9.17, 15) is 24.1 Å². The number of ether oxygens (including phenoxy) is 3. The van der Waals surface area contributed by atoms with Gasteiger partial charge >= 0.3 is 0 Å². The molecule has 1 aliphatic heterocycles. The van der Waals surface area contributed by atoms with Crippen molar-refractivity contribution in [3.05, 3.63) is 112 Å². The van der Waals surface area contributed by atoms with E-state index in [2.05, 4.69) is 42.3 Å². The molecular weight excluding hydrogens is 666 g/mol. The lowest BCUT2D eigenvalue weighted by molar-refractivity contribution is -0.0926. The lowest BCUT2D eigenvalue weighted by Crippen LogP contribution is -2.52. The first-order chi connectivity index (χ1) is 24.0. The number of aliphatic hydroxyl groups excluding tert-OH is 3. The van der Waals surface area contributed by atoms with E-state index in [1.54, 1.807) is 12.1 Å². The molecule has 50 heavy (non-hydrogen) atoms. The number of rotatable bonds is 17. The fraction of sp³-hybridized carbons (Fsp3) is 0.436. The minimum atomic E-state index is -0.975. The van der Waals surface area contributed by atoms with Crippen LogP contribution in [0.3, 0.4) is 0 Å². The van der Waals surface area contributed by atoms with Gasteiger partial charge in [0.15, 0.2) is 11.6 Å². The molecule has 1 fully saturated rings. The van der Waals surface area contributed by atoms with Crippen LogP contribution in [0.5, 0.6) is 11.5 Å². The predicted octanol–water partition coefficient (Wildman–Crippen LogP) is 5.91. The summed E-state index contributed by atoms with van der Waals surface area (Å²) in [6, 6.07) is 16.5. The number of allylic oxidation sites excluding steroid dienone is 2. The number of likely N-dealkylation sites (tertiary alicyclic amines) is 1. The van der Waals surface area contributed by atoms with E-state index in [1.807, 2.05) is 30.4 Å². The number of β-amino-alcohol motifs (C(OH)–C–C–N with tert-alkyl or cyclic N) is 1. The van der Waals surface area contributed by atoms with Crippen molar-refractivity contribution in [3.63, 3.8) is 0 Å². The van der Waals surface area contributed by atoms with Gasteiger partial charge in [-0.25, -0.2) is 8.78 Å². The number of nitrogens with one attached hydrogen (secondary N) is 1. The Morgan fingerprint density at radius 2 is 1.78 bits per heavy atom. The third kappa shape index (κ3) is 9.11. The SMILES string of the molecule is CC1(C)C(c2ccccc2)=CC=C[C@@]1(COc1cc(OCc2ccc(F)c(F)c2)c(CNC(CO)CO)cc1Cl)OCCCN1CCC(O)C1. The van der Waals surface area contributed by atoms with Crippen LogP contribution in [0.15, 0.2) is 78.9 Å². The van der Waals surface area contributed by atoms with Crippen LogP contribution in [0.2, 0.25) is 5.02 Å². The second-order valence-electron chi connectivity index (χ2n) is 13.4. The molecule has 1 heterocycles. The number of halogens is 3. The highest BCUT2D eigenvalue weighted by molar-refractivity contribution is 6.32. The van der Waals surface area contributed by atoms with Crippen molar-refractivity contribution in [2.75, 3.05) is 46.1 Å². The van der Waals surface area contributed by atoms with Gasteiger partial charge in [-0.05, 0) is 53.8 Å². The second-order valence-corrected chi connectivity index (χ2v) is 13.8. The van der Waals surface area contributed by atoms with Gasteiger partial charge in [-0.15, -0.1) is 0 Å². The van der Waals surface area contributed by atoms with E-state index in [0.717, 1.165) is 49.2 Å². The Balaban J connectivity index is 1.40. The summed E-state index contributed by atoms with van der Waals surface area (Å²) >= 11 is 6.82. The van der Waals surface area contributed by atoms with E-state index in [1.165, 1.54) is 6.07 Å². The summed E-state index contributed by atoms with van der Waals surface area (Å²) in [5.74, 6) is -1.21. The lowest BCUT2D eigenvalue weighted by atomic mass is 9.65. The lowest BCUT2D eigenvalue weighted by Gasteiger charge is -2.47. The van der Waals surface area contributed by atoms with Crippen LogP contribution in [-0.2, 0) is 17.9 Å². The third-order valence-electron chi connectivity index (χ3n) is 9.63. The average molecular weight is 713 g/mol. The average Bonchev–Trinajstić information content (AvgIpc) is 3.53. The summed E-state index contributed by atoms with van der Waals surface area (Å²) in [5, 5.41) is 32.5. The van der Waals surface area contributed by atoms with Crippen molar-refractivity contribution in [2.24, 2.45) is 5.41 Å². The van der Waals surface area contributed by atoms with Gasteiger partial charge in [0.05, 0.1) is 30.4 Å². The van der Waals surface area contributed by atoms with Gasteiger partial charge in [-0.2, -0.15) is 0 Å². The first-order valence-electron chi connectivity index (χ1n) is 17.0. The number of benzene rings is 3. The Labute approximate surface area is 297 Å². The Hall–Kier alpha value is -3.35. The van der Waals surface area contributed by atoms with E-state index in [0.29, 0.717) is 40.8 Å². The van der Waals surface area contributed by atoms with E-state index in [4.69, 9.17) is 25.8 Å². The van der Waals surface area contributed by atoms with Crippen LogP contribution in [-0.4, -0.2) is 84.0 Å². The maximum atomic E-state index is 13.9. The smallest absolute Gasteiger partial charge is 0.159 e. The number of hydrogen-bond acceptors (Lipinski definition) is 8. The monoisotopic (exact) mass is 712 g/mol. The molecule has 0 aromatic heterocycles. The predicted molar refractivity (Wildman–Crippen MR) is 190 cm³/mol. The third-order valence-corrected chi connectivity index (χ3v) is 9.92. The van der Waals surface area contributed by atoms with Crippen molar-refractivity contribution < 1.29 is 38.3 Å². The van der Waals surface area contributed by atoms with Gasteiger partial charge in [-0.1, -0.05) is 74.0 Å². The molecule has 4 N–H and O–H groups in total. The zero-order chi connectivity index (χ0) is 35.7. The van der Waals surface area contributed by atoms with Crippen LogP contribution in [0.4, 0.5) is 8.78 Å². The molecule has 8 nitrogen and oxygen atoms in total. The van der Waals surface area contributed by atoms with Crippen LogP contribution in [0.25, 0.3) is 5.57 Å². The zero-order valence-corrected chi connectivity index (χ0v) is 29.3. The van der Waals surface area contributed by atoms with E-state index in [-0.39, 0.29) is 39.1 Å². The molecule has 0 spiro atoms. The minimum Gasteiger partial charge on any atom is -0.488 e. The molecule has 1 saturated heterocycles. The van der Waals surface area contributed by atoms with Crippen LogP contribution < -0.4 is 14.8 Å². The van der Waals surface area contributed by atoms with Gasteiger partial charge in [0, 0.05) is 49.8 Å². The Morgan fingerprint density at radius 1 is 1.00 bits per heavy atom. The van der Waals surface area contributed by atoms with Gasteiger partial charge < -0.3 is 39.7 Å². The first kappa shape index (κ1) is 37.9. The highest BCUT2D eigenvalue weighted by atomic mass is 35.5. The molecule has 11 heteroatoms. The molecule has 5 rings (SSSR count). The number of aliphatic hydroxyl groups is 3. The Morgan fingerprint density at radius 3 is 2.48 bits per heavy atom. The van der Waals surface area contributed by atoms with Crippen LogP contribution >= 0.6 is 11.6 Å². The summed E-state index contributed by atoms with van der Waals surface area (Å²) < 4.78 is 47.0. The normalized spacial score (nSPS) is 20.3. The molecule has 2 atom stereocenters. The molecule has 1 unspecified atom stereocenters. The van der Waals surface area contributed by atoms with E-state index < -0.39 is 28.7 Å². The summed E-state index contributed by atoms with van der Waals surface area (Å²) in [7, 11) is 0. The van der Waals surface area contributed by atoms with Gasteiger partial charge in [0.2, 0.25) is 0 Å². The van der Waals surface area contributed by atoms with Crippen LogP contribution in [0.1, 0.15) is 43.4 Å². The van der Waals surface area contributed by atoms with Crippen molar-refractivity contribution >= 4 is 17.2 Å². The maximum Gasteiger partial charge on any atom is 0.159 e. The molecule has 3 aromatic rings. The maximum absolute atomic E-state index is 13.9. The van der Waals surface area contributed by atoms with Crippen molar-refractivity contribution in [3.8, 4) is 11.5 Å². The highest BCUT2D eigenvalue weighted by Crippen LogP contribution is 2.49.